The topological polar surface area (TPSA) is 75.1 Å². The highest BCUT2D eigenvalue weighted by Crippen LogP contribution is 2.25. The zero-order valence-electron chi connectivity index (χ0n) is 9.39. The molecule has 1 amide bonds. The number of hydrogen-bond acceptors (Lipinski definition) is 5. The van der Waals surface area contributed by atoms with Crippen LogP contribution in [0.2, 0.25) is 0 Å². The number of amides is 1. The van der Waals surface area contributed by atoms with Gasteiger partial charge in [0.15, 0.2) is 0 Å². The van der Waals surface area contributed by atoms with Crippen LogP contribution >= 0.6 is 11.5 Å². The molecule has 0 saturated heterocycles. The van der Waals surface area contributed by atoms with Crippen LogP contribution in [0.15, 0.2) is 18.2 Å². The SMILES string of the molecule is Cc1ccc(NC(=O)c2snnc2C)c(O)c1. The molecule has 0 fully saturated rings. The molecule has 17 heavy (non-hydrogen) atoms. The molecule has 0 bridgehead atoms. The summed E-state index contributed by atoms with van der Waals surface area (Å²) in [5.74, 6) is -0.259. The van der Waals surface area contributed by atoms with Crippen LogP contribution in [0.3, 0.4) is 0 Å². The van der Waals surface area contributed by atoms with Crippen molar-refractivity contribution in [1.29, 1.82) is 0 Å². The van der Waals surface area contributed by atoms with E-state index in [2.05, 4.69) is 14.9 Å². The van der Waals surface area contributed by atoms with Gasteiger partial charge in [0, 0.05) is 0 Å². The minimum Gasteiger partial charge on any atom is -0.506 e. The van der Waals surface area contributed by atoms with Crippen LogP contribution in [-0.2, 0) is 0 Å². The summed E-state index contributed by atoms with van der Waals surface area (Å²) in [6.07, 6.45) is 0. The number of aromatic nitrogens is 2. The first-order valence-corrected chi connectivity index (χ1v) is 5.75. The van der Waals surface area contributed by atoms with E-state index < -0.39 is 0 Å². The van der Waals surface area contributed by atoms with Gasteiger partial charge in [-0.1, -0.05) is 10.6 Å². The van der Waals surface area contributed by atoms with E-state index in [1.54, 1.807) is 19.1 Å². The Hall–Kier alpha value is -1.95. The molecule has 88 valence electrons. The second-order valence-corrected chi connectivity index (χ2v) is 4.42. The minimum absolute atomic E-state index is 0.0495. The molecule has 2 aromatic rings. The number of rotatable bonds is 2. The summed E-state index contributed by atoms with van der Waals surface area (Å²) in [5.41, 5.74) is 1.89. The highest BCUT2D eigenvalue weighted by Gasteiger charge is 2.14. The number of hydrogen-bond donors (Lipinski definition) is 2. The van der Waals surface area contributed by atoms with Crippen molar-refractivity contribution < 1.29 is 9.90 Å². The van der Waals surface area contributed by atoms with Crippen molar-refractivity contribution in [2.24, 2.45) is 0 Å². The molecule has 5 nitrogen and oxygen atoms in total. The second kappa shape index (κ2) is 4.50. The Bertz CT molecular complexity index is 566. The highest BCUT2D eigenvalue weighted by atomic mass is 32.1. The number of phenolic OH excluding ortho intramolecular Hbond substituents is 1. The second-order valence-electron chi connectivity index (χ2n) is 3.66. The molecule has 0 aliphatic rings. The molecular weight excluding hydrogens is 238 g/mol. The Kier molecular flexibility index (Phi) is 3.06. The first-order chi connectivity index (χ1) is 8.08. The molecule has 0 radical (unpaired) electrons. The summed E-state index contributed by atoms with van der Waals surface area (Å²) in [6.45, 7) is 3.58. The van der Waals surface area contributed by atoms with E-state index in [0.717, 1.165) is 17.1 Å². The molecule has 1 heterocycles. The van der Waals surface area contributed by atoms with Crippen molar-refractivity contribution in [3.05, 3.63) is 34.3 Å². The summed E-state index contributed by atoms with van der Waals surface area (Å²) < 4.78 is 3.69. The van der Waals surface area contributed by atoms with Crippen molar-refractivity contribution >= 4 is 23.1 Å². The Morgan fingerprint density at radius 1 is 1.41 bits per heavy atom. The number of phenols is 1. The Balaban J connectivity index is 2.22. The largest absolute Gasteiger partial charge is 0.506 e. The van der Waals surface area contributed by atoms with E-state index in [1.807, 2.05) is 13.0 Å². The zero-order valence-corrected chi connectivity index (χ0v) is 10.2. The molecule has 0 spiro atoms. The van der Waals surface area contributed by atoms with Gasteiger partial charge in [0.05, 0.1) is 11.4 Å². The molecule has 1 aromatic carbocycles. The fraction of sp³-hybridized carbons (Fsp3) is 0.182. The average molecular weight is 249 g/mol. The van der Waals surface area contributed by atoms with E-state index in [0.29, 0.717) is 16.3 Å². The van der Waals surface area contributed by atoms with E-state index >= 15 is 0 Å². The summed E-state index contributed by atoms with van der Waals surface area (Å²) in [5, 5.41) is 16.0. The molecule has 0 saturated carbocycles. The third-order valence-corrected chi connectivity index (χ3v) is 3.09. The van der Waals surface area contributed by atoms with Crippen LogP contribution < -0.4 is 5.32 Å². The van der Waals surface area contributed by atoms with Crippen LogP contribution in [0.5, 0.6) is 5.75 Å². The van der Waals surface area contributed by atoms with Gasteiger partial charge in [0.1, 0.15) is 10.6 Å². The van der Waals surface area contributed by atoms with Crippen LogP contribution in [0.1, 0.15) is 20.9 Å². The number of anilines is 1. The summed E-state index contributed by atoms with van der Waals surface area (Å²) >= 11 is 1.03. The lowest BCUT2D eigenvalue weighted by atomic mass is 10.2. The smallest absolute Gasteiger partial charge is 0.269 e. The van der Waals surface area contributed by atoms with Crippen LogP contribution in [-0.4, -0.2) is 20.6 Å². The molecule has 1 aromatic heterocycles. The van der Waals surface area contributed by atoms with Gasteiger partial charge in [-0.15, -0.1) is 5.10 Å². The monoisotopic (exact) mass is 249 g/mol. The molecular formula is C11H11N3O2S. The van der Waals surface area contributed by atoms with Crippen LogP contribution in [0.4, 0.5) is 5.69 Å². The van der Waals surface area contributed by atoms with Gasteiger partial charge in [0.2, 0.25) is 0 Å². The van der Waals surface area contributed by atoms with E-state index in [-0.39, 0.29) is 11.7 Å². The number of aromatic hydroxyl groups is 1. The number of benzene rings is 1. The lowest BCUT2D eigenvalue weighted by Gasteiger charge is -2.06. The summed E-state index contributed by atoms with van der Waals surface area (Å²) in [6, 6.07) is 5.06. The van der Waals surface area contributed by atoms with Gasteiger partial charge in [-0.25, -0.2) is 0 Å². The normalized spacial score (nSPS) is 10.2. The fourth-order valence-electron chi connectivity index (χ4n) is 1.37. The lowest BCUT2D eigenvalue weighted by molar-refractivity contribution is 0.102. The molecule has 2 N–H and O–H groups in total. The number of carbonyl (C=O) groups excluding carboxylic acids is 1. The van der Waals surface area contributed by atoms with Gasteiger partial charge in [-0.05, 0) is 43.1 Å². The van der Waals surface area contributed by atoms with Gasteiger partial charge in [-0.2, -0.15) is 0 Å². The third-order valence-electron chi connectivity index (χ3n) is 2.26. The van der Waals surface area contributed by atoms with Gasteiger partial charge >= 0.3 is 0 Å². The standard InChI is InChI=1S/C11H11N3O2S/c1-6-3-4-8(9(15)5-6)12-11(16)10-7(2)13-14-17-10/h3-5,15H,1-2H3,(H,12,16). The van der Waals surface area contributed by atoms with E-state index in [9.17, 15) is 9.90 Å². The maximum atomic E-state index is 11.8. The first kappa shape index (κ1) is 11.5. The Labute approximate surface area is 102 Å². The van der Waals surface area contributed by atoms with Crippen molar-refractivity contribution in [1.82, 2.24) is 9.59 Å². The number of nitrogens with one attached hydrogen (secondary N) is 1. The maximum Gasteiger partial charge on any atom is 0.269 e. The maximum absolute atomic E-state index is 11.8. The Morgan fingerprint density at radius 2 is 2.18 bits per heavy atom. The average Bonchev–Trinajstić information content (AvgIpc) is 2.68. The fourth-order valence-corrected chi connectivity index (χ4v) is 1.92. The molecule has 2 rings (SSSR count). The molecule has 0 aliphatic carbocycles. The number of nitrogens with zero attached hydrogens (tertiary/aromatic N) is 2. The summed E-state index contributed by atoms with van der Waals surface area (Å²) in [7, 11) is 0. The van der Waals surface area contributed by atoms with Crippen molar-refractivity contribution in [3.8, 4) is 5.75 Å². The predicted molar refractivity (Wildman–Crippen MR) is 65.4 cm³/mol. The van der Waals surface area contributed by atoms with Gasteiger partial charge < -0.3 is 10.4 Å². The van der Waals surface area contributed by atoms with E-state index in [1.165, 1.54) is 0 Å². The molecule has 0 atom stereocenters. The van der Waals surface area contributed by atoms with Crippen LogP contribution in [0, 0.1) is 13.8 Å². The number of aryl methyl sites for hydroxylation is 2. The predicted octanol–water partition coefficient (Wildman–Crippen LogP) is 2.11. The van der Waals surface area contributed by atoms with Crippen molar-refractivity contribution in [2.45, 2.75) is 13.8 Å². The Morgan fingerprint density at radius 3 is 2.76 bits per heavy atom. The highest BCUT2D eigenvalue weighted by molar-refractivity contribution is 7.08. The van der Waals surface area contributed by atoms with Crippen molar-refractivity contribution in [2.75, 3.05) is 5.32 Å². The molecule has 0 aliphatic heterocycles. The zero-order chi connectivity index (χ0) is 12.4. The van der Waals surface area contributed by atoms with Gasteiger partial charge in [0.25, 0.3) is 5.91 Å². The van der Waals surface area contributed by atoms with Gasteiger partial charge in [-0.3, -0.25) is 4.79 Å². The molecule has 6 heteroatoms. The first-order valence-electron chi connectivity index (χ1n) is 4.98. The quantitative estimate of drug-likeness (QED) is 0.799. The lowest BCUT2D eigenvalue weighted by Crippen LogP contribution is -2.11. The minimum atomic E-state index is -0.309. The number of carbonyl (C=O) groups is 1. The van der Waals surface area contributed by atoms with Crippen molar-refractivity contribution in [3.63, 3.8) is 0 Å². The van der Waals surface area contributed by atoms with Crippen LogP contribution in [0.25, 0.3) is 0 Å². The summed E-state index contributed by atoms with van der Waals surface area (Å²) in [4.78, 5) is 12.3. The van der Waals surface area contributed by atoms with E-state index in [4.69, 9.17) is 0 Å². The molecule has 0 unspecified atom stereocenters. The third kappa shape index (κ3) is 2.42.